The summed E-state index contributed by atoms with van der Waals surface area (Å²) in [7, 11) is 0. The number of benzene rings is 1. The molecular weight excluding hydrogens is 228 g/mol. The van der Waals surface area contributed by atoms with Crippen molar-refractivity contribution >= 4 is 17.6 Å². The zero-order chi connectivity index (χ0) is 11.6. The SMILES string of the molecule is N[C@H](Cc1cc(F)c(F)cc1Cl)C(=O)O. The molecule has 0 saturated heterocycles. The first-order valence-electron chi connectivity index (χ1n) is 4.03. The maximum absolute atomic E-state index is 12.8. The molecule has 0 bridgehead atoms. The molecule has 6 heteroatoms. The van der Waals surface area contributed by atoms with Gasteiger partial charge in [0.2, 0.25) is 0 Å². The third-order valence-electron chi connectivity index (χ3n) is 1.85. The third kappa shape index (κ3) is 2.87. The zero-order valence-electron chi connectivity index (χ0n) is 7.51. The Bertz CT molecular complexity index is 398. The van der Waals surface area contributed by atoms with Crippen LogP contribution in [0.4, 0.5) is 8.78 Å². The fourth-order valence-electron chi connectivity index (χ4n) is 1.04. The Kier molecular flexibility index (Phi) is 3.60. The van der Waals surface area contributed by atoms with Crippen LogP contribution in [0.5, 0.6) is 0 Å². The van der Waals surface area contributed by atoms with Crippen LogP contribution in [0, 0.1) is 11.6 Å². The van der Waals surface area contributed by atoms with Crippen LogP contribution in [0.25, 0.3) is 0 Å². The van der Waals surface area contributed by atoms with Crippen LogP contribution in [-0.2, 0) is 11.2 Å². The molecule has 3 nitrogen and oxygen atoms in total. The number of hydrogen-bond donors (Lipinski definition) is 2. The molecule has 1 aromatic carbocycles. The van der Waals surface area contributed by atoms with Crippen LogP contribution in [0.15, 0.2) is 12.1 Å². The Morgan fingerprint density at radius 3 is 2.53 bits per heavy atom. The van der Waals surface area contributed by atoms with Crippen molar-refractivity contribution < 1.29 is 18.7 Å². The van der Waals surface area contributed by atoms with Crippen LogP contribution in [-0.4, -0.2) is 17.1 Å². The predicted molar refractivity (Wildman–Crippen MR) is 50.7 cm³/mol. The minimum Gasteiger partial charge on any atom is -0.480 e. The van der Waals surface area contributed by atoms with Gasteiger partial charge in [-0.2, -0.15) is 0 Å². The van der Waals surface area contributed by atoms with Crippen LogP contribution in [0.1, 0.15) is 5.56 Å². The summed E-state index contributed by atoms with van der Waals surface area (Å²) in [5, 5.41) is 8.49. The van der Waals surface area contributed by atoms with Crippen LogP contribution in [0.3, 0.4) is 0 Å². The average molecular weight is 236 g/mol. The second-order valence-corrected chi connectivity index (χ2v) is 3.41. The van der Waals surface area contributed by atoms with E-state index in [-0.39, 0.29) is 17.0 Å². The van der Waals surface area contributed by atoms with Crippen LogP contribution >= 0.6 is 11.6 Å². The molecule has 3 N–H and O–H groups in total. The summed E-state index contributed by atoms with van der Waals surface area (Å²) in [6, 6.07) is 0.453. The lowest BCUT2D eigenvalue weighted by molar-refractivity contribution is -0.138. The van der Waals surface area contributed by atoms with Gasteiger partial charge in [-0.1, -0.05) is 11.6 Å². The van der Waals surface area contributed by atoms with Crippen LogP contribution < -0.4 is 5.73 Å². The lowest BCUT2D eigenvalue weighted by Gasteiger charge is -2.08. The van der Waals surface area contributed by atoms with Gasteiger partial charge in [0, 0.05) is 5.02 Å². The summed E-state index contributed by atoms with van der Waals surface area (Å²) in [5.41, 5.74) is 5.40. The molecule has 0 amide bonds. The summed E-state index contributed by atoms with van der Waals surface area (Å²) in [5.74, 6) is -3.38. The number of carbonyl (C=O) groups is 1. The molecule has 0 fully saturated rings. The van der Waals surface area contributed by atoms with E-state index in [0.29, 0.717) is 0 Å². The molecule has 0 heterocycles. The second kappa shape index (κ2) is 4.55. The molecule has 1 atom stereocenters. The normalized spacial score (nSPS) is 12.5. The summed E-state index contributed by atoms with van der Waals surface area (Å²) >= 11 is 5.60. The summed E-state index contributed by atoms with van der Waals surface area (Å²) in [6.45, 7) is 0. The Hall–Kier alpha value is -1.20. The van der Waals surface area contributed by atoms with E-state index in [1.807, 2.05) is 0 Å². The fraction of sp³-hybridized carbons (Fsp3) is 0.222. The predicted octanol–water partition coefficient (Wildman–Crippen LogP) is 1.57. The highest BCUT2D eigenvalue weighted by atomic mass is 35.5. The van der Waals surface area contributed by atoms with E-state index in [9.17, 15) is 13.6 Å². The van der Waals surface area contributed by atoms with Crippen molar-refractivity contribution in [1.82, 2.24) is 0 Å². The van der Waals surface area contributed by atoms with Crippen molar-refractivity contribution in [2.45, 2.75) is 12.5 Å². The van der Waals surface area contributed by atoms with Crippen molar-refractivity contribution in [2.24, 2.45) is 5.73 Å². The molecule has 0 aromatic heterocycles. The van der Waals surface area contributed by atoms with Crippen molar-refractivity contribution in [2.75, 3.05) is 0 Å². The number of hydrogen-bond acceptors (Lipinski definition) is 2. The van der Waals surface area contributed by atoms with Gasteiger partial charge >= 0.3 is 5.97 Å². The highest BCUT2D eigenvalue weighted by Gasteiger charge is 2.16. The van der Waals surface area contributed by atoms with E-state index < -0.39 is 23.6 Å². The van der Waals surface area contributed by atoms with Gasteiger partial charge in [-0.25, -0.2) is 8.78 Å². The van der Waals surface area contributed by atoms with Gasteiger partial charge in [0.25, 0.3) is 0 Å². The first-order valence-corrected chi connectivity index (χ1v) is 4.41. The Labute approximate surface area is 89.5 Å². The number of rotatable bonds is 3. The van der Waals surface area contributed by atoms with Gasteiger partial charge in [-0.05, 0) is 24.1 Å². The third-order valence-corrected chi connectivity index (χ3v) is 2.20. The van der Waals surface area contributed by atoms with Gasteiger partial charge in [-0.15, -0.1) is 0 Å². The van der Waals surface area contributed by atoms with Gasteiger partial charge in [0.1, 0.15) is 6.04 Å². The van der Waals surface area contributed by atoms with Gasteiger partial charge < -0.3 is 10.8 Å². The van der Waals surface area contributed by atoms with Crippen molar-refractivity contribution in [3.05, 3.63) is 34.4 Å². The monoisotopic (exact) mass is 235 g/mol. The number of aliphatic carboxylic acids is 1. The number of carboxylic acid groups (broad SMARTS) is 1. The minimum atomic E-state index is -1.23. The molecule has 0 aliphatic heterocycles. The van der Waals surface area contributed by atoms with E-state index in [0.717, 1.165) is 12.1 Å². The highest BCUT2D eigenvalue weighted by Crippen LogP contribution is 2.21. The molecule has 1 rings (SSSR count). The standard InChI is InChI=1S/C9H8ClF2NO2/c10-5-3-7(12)6(11)1-4(5)2-8(13)9(14)15/h1,3,8H,2,13H2,(H,14,15)/t8-/m1/s1. The maximum atomic E-state index is 12.8. The van der Waals surface area contributed by atoms with Crippen molar-refractivity contribution in [3.8, 4) is 0 Å². The molecule has 0 aliphatic rings. The van der Waals surface area contributed by atoms with E-state index >= 15 is 0 Å². The molecule has 0 saturated carbocycles. The molecule has 1 aromatic rings. The van der Waals surface area contributed by atoms with Crippen molar-refractivity contribution in [3.63, 3.8) is 0 Å². The topological polar surface area (TPSA) is 63.3 Å². The molecule has 0 unspecified atom stereocenters. The van der Waals surface area contributed by atoms with E-state index in [1.54, 1.807) is 0 Å². The maximum Gasteiger partial charge on any atom is 0.320 e. The fourth-order valence-corrected chi connectivity index (χ4v) is 1.27. The lowest BCUT2D eigenvalue weighted by Crippen LogP contribution is -2.32. The Morgan fingerprint density at radius 1 is 1.47 bits per heavy atom. The number of carboxylic acids is 1. The minimum absolute atomic E-state index is 0.0365. The molecule has 0 radical (unpaired) electrons. The van der Waals surface area contributed by atoms with Gasteiger partial charge in [-0.3, -0.25) is 4.79 Å². The molecule has 0 spiro atoms. The molecule has 0 aliphatic carbocycles. The van der Waals surface area contributed by atoms with E-state index in [4.69, 9.17) is 22.4 Å². The molecular formula is C9H8ClF2NO2. The Morgan fingerprint density at radius 2 is 2.00 bits per heavy atom. The summed E-state index contributed by atoms with van der Waals surface area (Å²) < 4.78 is 25.4. The average Bonchev–Trinajstić information content (AvgIpc) is 2.13. The van der Waals surface area contributed by atoms with Crippen LogP contribution in [0.2, 0.25) is 5.02 Å². The lowest BCUT2D eigenvalue weighted by atomic mass is 10.1. The smallest absolute Gasteiger partial charge is 0.320 e. The van der Waals surface area contributed by atoms with Gasteiger partial charge in [0.15, 0.2) is 11.6 Å². The highest BCUT2D eigenvalue weighted by molar-refractivity contribution is 6.31. The largest absolute Gasteiger partial charge is 0.480 e. The zero-order valence-corrected chi connectivity index (χ0v) is 8.26. The first-order chi connectivity index (χ1) is 6.91. The van der Waals surface area contributed by atoms with E-state index in [2.05, 4.69) is 0 Å². The Balaban J connectivity index is 2.95. The van der Waals surface area contributed by atoms with E-state index in [1.165, 1.54) is 0 Å². The number of halogens is 3. The first kappa shape index (κ1) is 11.9. The second-order valence-electron chi connectivity index (χ2n) is 3.01. The van der Waals surface area contributed by atoms with Crippen molar-refractivity contribution in [1.29, 1.82) is 0 Å². The molecule has 82 valence electrons. The molecule has 15 heavy (non-hydrogen) atoms. The summed E-state index contributed by atoms with van der Waals surface area (Å²) in [6.07, 6.45) is -0.147. The van der Waals surface area contributed by atoms with Gasteiger partial charge in [0.05, 0.1) is 0 Å². The quantitative estimate of drug-likeness (QED) is 0.782. The summed E-state index contributed by atoms with van der Waals surface area (Å²) in [4.78, 5) is 10.4. The number of nitrogens with two attached hydrogens (primary N) is 1.